The predicted octanol–water partition coefficient (Wildman–Crippen LogP) is 2.00. The zero-order chi connectivity index (χ0) is 14.0. The monoisotopic (exact) mass is 268 g/mol. The highest BCUT2D eigenvalue weighted by Crippen LogP contribution is 2.50. The van der Waals surface area contributed by atoms with E-state index in [1.165, 1.54) is 12.8 Å². The van der Waals surface area contributed by atoms with Gasteiger partial charge >= 0.3 is 0 Å². The van der Waals surface area contributed by atoms with Crippen LogP contribution in [0.3, 0.4) is 0 Å². The lowest BCUT2D eigenvalue weighted by molar-refractivity contribution is -0.130. The number of carbonyl (C=O) groups excluding carboxylic acids is 1. The second-order valence-corrected chi connectivity index (χ2v) is 6.74. The van der Waals surface area contributed by atoms with Gasteiger partial charge in [0, 0.05) is 20.3 Å². The Morgan fingerprint density at radius 2 is 2.16 bits per heavy atom. The largest absolute Gasteiger partial charge is 0.385 e. The van der Waals surface area contributed by atoms with Crippen LogP contribution < -0.4 is 5.32 Å². The number of hydrogen-bond donors (Lipinski definition) is 1. The van der Waals surface area contributed by atoms with Crippen molar-refractivity contribution in [3.63, 3.8) is 0 Å². The van der Waals surface area contributed by atoms with Crippen molar-refractivity contribution in [1.82, 2.24) is 10.2 Å². The van der Waals surface area contributed by atoms with Crippen LogP contribution in [0.1, 0.15) is 46.5 Å². The first-order valence-electron chi connectivity index (χ1n) is 7.53. The van der Waals surface area contributed by atoms with Crippen LogP contribution >= 0.6 is 0 Å². The van der Waals surface area contributed by atoms with E-state index in [9.17, 15) is 4.79 Å². The van der Waals surface area contributed by atoms with Gasteiger partial charge < -0.3 is 9.64 Å². The van der Waals surface area contributed by atoms with Crippen molar-refractivity contribution in [2.24, 2.45) is 11.3 Å². The van der Waals surface area contributed by atoms with Crippen LogP contribution in [-0.2, 0) is 9.53 Å². The molecule has 1 saturated heterocycles. The predicted molar refractivity (Wildman–Crippen MR) is 75.7 cm³/mol. The summed E-state index contributed by atoms with van der Waals surface area (Å²) in [5.41, 5.74) is 0.340. The van der Waals surface area contributed by atoms with Gasteiger partial charge in [-0.3, -0.25) is 10.1 Å². The van der Waals surface area contributed by atoms with E-state index in [0.717, 1.165) is 26.0 Å². The smallest absolute Gasteiger partial charge is 0.240 e. The zero-order valence-electron chi connectivity index (χ0n) is 12.7. The highest BCUT2D eigenvalue weighted by molar-refractivity contribution is 5.84. The quantitative estimate of drug-likeness (QED) is 0.768. The first kappa shape index (κ1) is 14.8. The SMILES string of the molecule is COCCC1(CN2C(=O)C(C)NC2CC(C)C)CC1. The Labute approximate surface area is 116 Å². The van der Waals surface area contributed by atoms with Crippen molar-refractivity contribution >= 4 is 5.91 Å². The third-order valence-corrected chi connectivity index (χ3v) is 4.47. The molecule has 4 heteroatoms. The third kappa shape index (κ3) is 3.48. The molecule has 2 unspecified atom stereocenters. The Morgan fingerprint density at radius 1 is 1.47 bits per heavy atom. The molecule has 19 heavy (non-hydrogen) atoms. The summed E-state index contributed by atoms with van der Waals surface area (Å²) in [6, 6.07) is -0.0259. The summed E-state index contributed by atoms with van der Waals surface area (Å²) in [4.78, 5) is 14.4. The molecule has 110 valence electrons. The summed E-state index contributed by atoms with van der Waals surface area (Å²) in [5, 5.41) is 3.44. The molecule has 1 heterocycles. The van der Waals surface area contributed by atoms with Gasteiger partial charge in [0.15, 0.2) is 0 Å². The first-order valence-corrected chi connectivity index (χ1v) is 7.53. The van der Waals surface area contributed by atoms with Crippen LogP contribution in [0.5, 0.6) is 0 Å². The van der Waals surface area contributed by atoms with Crippen LogP contribution in [0.4, 0.5) is 0 Å². The minimum atomic E-state index is -0.0259. The summed E-state index contributed by atoms with van der Waals surface area (Å²) in [5.74, 6) is 0.876. The number of rotatable bonds is 7. The van der Waals surface area contributed by atoms with Crippen molar-refractivity contribution in [1.29, 1.82) is 0 Å². The number of hydrogen-bond acceptors (Lipinski definition) is 3. The Balaban J connectivity index is 1.97. The molecular weight excluding hydrogens is 240 g/mol. The third-order valence-electron chi connectivity index (χ3n) is 4.47. The number of carbonyl (C=O) groups is 1. The van der Waals surface area contributed by atoms with E-state index < -0.39 is 0 Å². The van der Waals surface area contributed by atoms with E-state index in [2.05, 4.69) is 24.1 Å². The average Bonchev–Trinajstić information content (AvgIpc) is 3.06. The fraction of sp³-hybridized carbons (Fsp3) is 0.933. The Kier molecular flexibility index (Phi) is 4.51. The maximum Gasteiger partial charge on any atom is 0.240 e. The minimum Gasteiger partial charge on any atom is -0.385 e. The lowest BCUT2D eigenvalue weighted by Crippen LogP contribution is -2.42. The molecule has 0 aromatic rings. The summed E-state index contributed by atoms with van der Waals surface area (Å²) < 4.78 is 5.20. The Bertz CT molecular complexity index is 326. The van der Waals surface area contributed by atoms with Crippen LogP contribution in [0.25, 0.3) is 0 Å². The second kappa shape index (κ2) is 5.80. The van der Waals surface area contributed by atoms with E-state index in [1.54, 1.807) is 7.11 Å². The number of methoxy groups -OCH3 is 1. The van der Waals surface area contributed by atoms with E-state index in [0.29, 0.717) is 11.3 Å². The lowest BCUT2D eigenvalue weighted by Gasteiger charge is -2.29. The van der Waals surface area contributed by atoms with Gasteiger partial charge in [-0.05, 0) is 43.9 Å². The van der Waals surface area contributed by atoms with Gasteiger partial charge in [-0.2, -0.15) is 0 Å². The number of nitrogens with zero attached hydrogens (tertiary/aromatic N) is 1. The lowest BCUT2D eigenvalue weighted by atomic mass is 10.0. The molecule has 2 aliphatic rings. The van der Waals surface area contributed by atoms with Crippen molar-refractivity contribution in [2.45, 2.75) is 58.7 Å². The summed E-state index contributed by atoms with van der Waals surface area (Å²) >= 11 is 0. The number of nitrogens with one attached hydrogen (secondary N) is 1. The van der Waals surface area contributed by atoms with Crippen molar-refractivity contribution < 1.29 is 9.53 Å². The highest BCUT2D eigenvalue weighted by atomic mass is 16.5. The zero-order valence-corrected chi connectivity index (χ0v) is 12.7. The van der Waals surface area contributed by atoms with Crippen LogP contribution in [-0.4, -0.2) is 43.3 Å². The van der Waals surface area contributed by atoms with Gasteiger partial charge in [0.05, 0.1) is 12.2 Å². The normalized spacial score (nSPS) is 29.3. The fourth-order valence-electron chi connectivity index (χ4n) is 3.03. The minimum absolute atomic E-state index is 0.0259. The van der Waals surface area contributed by atoms with Crippen molar-refractivity contribution in [3.8, 4) is 0 Å². The summed E-state index contributed by atoms with van der Waals surface area (Å²) in [7, 11) is 1.75. The molecule has 2 rings (SSSR count). The van der Waals surface area contributed by atoms with E-state index >= 15 is 0 Å². The van der Waals surface area contributed by atoms with Crippen molar-refractivity contribution in [3.05, 3.63) is 0 Å². The van der Waals surface area contributed by atoms with Crippen LogP contribution in [0.15, 0.2) is 0 Å². The maximum absolute atomic E-state index is 12.3. The van der Waals surface area contributed by atoms with E-state index in [1.807, 2.05) is 6.92 Å². The van der Waals surface area contributed by atoms with Gasteiger partial charge in [-0.25, -0.2) is 0 Å². The van der Waals surface area contributed by atoms with Crippen LogP contribution in [0, 0.1) is 11.3 Å². The molecule has 0 bridgehead atoms. The molecule has 1 N–H and O–H groups in total. The van der Waals surface area contributed by atoms with Gasteiger partial charge in [0.2, 0.25) is 5.91 Å². The standard InChI is InChI=1S/C15H28N2O2/c1-11(2)9-13-16-12(3)14(18)17(13)10-15(5-6-15)7-8-19-4/h11-13,16H,5-10H2,1-4H3. The molecule has 2 atom stereocenters. The molecule has 1 aliphatic carbocycles. The molecule has 1 saturated carbocycles. The Morgan fingerprint density at radius 3 is 2.68 bits per heavy atom. The van der Waals surface area contributed by atoms with Crippen LogP contribution in [0.2, 0.25) is 0 Å². The maximum atomic E-state index is 12.3. The average molecular weight is 268 g/mol. The topological polar surface area (TPSA) is 41.6 Å². The number of ether oxygens (including phenoxy) is 1. The molecule has 0 aromatic heterocycles. The van der Waals surface area contributed by atoms with E-state index in [4.69, 9.17) is 4.74 Å². The summed E-state index contributed by atoms with van der Waals surface area (Å²) in [6.45, 7) is 8.12. The highest BCUT2D eigenvalue weighted by Gasteiger charge is 2.47. The fourth-order valence-corrected chi connectivity index (χ4v) is 3.03. The molecule has 1 aliphatic heterocycles. The Hall–Kier alpha value is -0.610. The molecule has 1 amide bonds. The number of amides is 1. The van der Waals surface area contributed by atoms with Gasteiger partial charge in [-0.15, -0.1) is 0 Å². The van der Waals surface area contributed by atoms with Gasteiger partial charge in [-0.1, -0.05) is 13.8 Å². The molecule has 4 nitrogen and oxygen atoms in total. The van der Waals surface area contributed by atoms with Gasteiger partial charge in [0.1, 0.15) is 0 Å². The van der Waals surface area contributed by atoms with Gasteiger partial charge in [0.25, 0.3) is 0 Å². The molecule has 2 fully saturated rings. The molecule has 0 radical (unpaired) electrons. The van der Waals surface area contributed by atoms with Crippen molar-refractivity contribution in [2.75, 3.05) is 20.3 Å². The first-order chi connectivity index (χ1) is 8.97. The van der Waals surface area contributed by atoms with E-state index in [-0.39, 0.29) is 18.1 Å². The molecule has 0 spiro atoms. The summed E-state index contributed by atoms with van der Waals surface area (Å²) in [6.07, 6.45) is 4.82. The second-order valence-electron chi connectivity index (χ2n) is 6.74. The molecular formula is C15H28N2O2. The molecule has 0 aromatic carbocycles.